The van der Waals surface area contributed by atoms with E-state index in [1.165, 1.54) is 10.4 Å². The smallest absolute Gasteiger partial charge is 0.276 e. The third-order valence-electron chi connectivity index (χ3n) is 5.64. The number of ether oxygens (including phenoxy) is 2. The summed E-state index contributed by atoms with van der Waals surface area (Å²) in [4.78, 5) is 12.8. The maximum Gasteiger partial charge on any atom is 0.276 e. The van der Waals surface area contributed by atoms with Crippen LogP contribution in [-0.4, -0.2) is 56.1 Å². The van der Waals surface area contributed by atoms with E-state index >= 15 is 0 Å². The van der Waals surface area contributed by atoms with Gasteiger partial charge in [-0.15, -0.1) is 0 Å². The number of H-pyrrole nitrogens is 1. The van der Waals surface area contributed by atoms with Crippen LogP contribution >= 0.6 is 0 Å². The Hall–Kier alpha value is -3.31. The van der Waals surface area contributed by atoms with E-state index < -0.39 is 15.9 Å². The van der Waals surface area contributed by atoms with E-state index in [0.717, 1.165) is 5.56 Å². The number of amides is 1. The topological polar surface area (TPSA) is 127 Å². The Kier molecular flexibility index (Phi) is 6.70. The molecule has 1 aliphatic heterocycles. The van der Waals surface area contributed by atoms with Gasteiger partial charge in [0.1, 0.15) is 17.2 Å². The van der Waals surface area contributed by atoms with Crippen molar-refractivity contribution in [1.82, 2.24) is 19.8 Å². The lowest BCUT2D eigenvalue weighted by molar-refractivity contribution is -0.126. The molecule has 0 radical (unpaired) electrons. The number of methoxy groups -OCH3 is 2. The molecule has 3 aromatic rings. The Balaban J connectivity index is 1.41. The number of furan rings is 1. The standard InChI is InChI=1S/C22H26N4O6S/c1-30-17-6-5-15(20(12-17)31-2)13-23-22(27)16-4-3-11-26(14-16)33(28,29)21-8-7-19(32-21)18-9-10-24-25-18/h5-10,12,16H,3-4,11,13-14H2,1-2H3,(H,23,27)(H,24,25). The fourth-order valence-corrected chi connectivity index (χ4v) is 5.26. The summed E-state index contributed by atoms with van der Waals surface area (Å²) in [7, 11) is -0.744. The molecule has 1 aliphatic rings. The van der Waals surface area contributed by atoms with E-state index in [1.54, 1.807) is 44.7 Å². The molecule has 3 heterocycles. The average Bonchev–Trinajstić information content (AvgIpc) is 3.55. The average molecular weight is 475 g/mol. The highest BCUT2D eigenvalue weighted by Gasteiger charge is 2.35. The maximum atomic E-state index is 13.1. The lowest BCUT2D eigenvalue weighted by Crippen LogP contribution is -2.45. The van der Waals surface area contributed by atoms with Crippen LogP contribution in [-0.2, 0) is 21.4 Å². The molecule has 0 aliphatic carbocycles. The van der Waals surface area contributed by atoms with Crippen LogP contribution in [0, 0.1) is 5.92 Å². The van der Waals surface area contributed by atoms with Gasteiger partial charge < -0.3 is 19.2 Å². The molecule has 0 bridgehead atoms. The lowest BCUT2D eigenvalue weighted by Gasteiger charge is -2.30. The van der Waals surface area contributed by atoms with Crippen molar-refractivity contribution in [3.05, 3.63) is 48.2 Å². The minimum atomic E-state index is -3.87. The highest BCUT2D eigenvalue weighted by atomic mass is 32.2. The number of aromatic amines is 1. The van der Waals surface area contributed by atoms with Gasteiger partial charge in [0.05, 0.1) is 20.1 Å². The second kappa shape index (κ2) is 9.67. The molecule has 176 valence electrons. The predicted molar refractivity (Wildman–Crippen MR) is 119 cm³/mol. The Morgan fingerprint density at radius 3 is 2.82 bits per heavy atom. The fraction of sp³-hybridized carbons (Fsp3) is 0.364. The molecule has 1 amide bonds. The number of piperidine rings is 1. The number of nitrogens with one attached hydrogen (secondary N) is 2. The van der Waals surface area contributed by atoms with Crippen molar-refractivity contribution in [3.63, 3.8) is 0 Å². The Bertz CT molecular complexity index is 1210. The quantitative estimate of drug-likeness (QED) is 0.513. The van der Waals surface area contributed by atoms with Crippen LogP contribution in [0.3, 0.4) is 0 Å². The molecule has 1 aromatic carbocycles. The van der Waals surface area contributed by atoms with Crippen LogP contribution < -0.4 is 14.8 Å². The van der Waals surface area contributed by atoms with E-state index in [2.05, 4.69) is 15.5 Å². The summed E-state index contributed by atoms with van der Waals surface area (Å²) in [6.45, 7) is 0.688. The van der Waals surface area contributed by atoms with Gasteiger partial charge in [0.2, 0.25) is 11.0 Å². The van der Waals surface area contributed by atoms with Crippen LogP contribution in [0.15, 0.2) is 52.1 Å². The zero-order chi connectivity index (χ0) is 23.4. The van der Waals surface area contributed by atoms with Crippen molar-refractivity contribution in [3.8, 4) is 23.0 Å². The summed E-state index contributed by atoms with van der Waals surface area (Å²) >= 11 is 0. The van der Waals surface area contributed by atoms with E-state index in [9.17, 15) is 13.2 Å². The summed E-state index contributed by atoms with van der Waals surface area (Å²) in [5.41, 5.74) is 1.38. The molecule has 0 spiro atoms. The first-order chi connectivity index (χ1) is 15.9. The Labute approximate surface area is 191 Å². The molecule has 4 rings (SSSR count). The Morgan fingerprint density at radius 1 is 1.24 bits per heavy atom. The molecule has 1 atom stereocenters. The largest absolute Gasteiger partial charge is 0.497 e. The van der Waals surface area contributed by atoms with Gasteiger partial charge in [-0.1, -0.05) is 0 Å². The van der Waals surface area contributed by atoms with E-state index in [-0.39, 0.29) is 24.1 Å². The maximum absolute atomic E-state index is 13.1. The SMILES string of the molecule is COc1ccc(CNC(=O)C2CCCN(S(=O)(=O)c3ccc(-c4ccn[nH]4)o3)C2)c(OC)c1. The van der Waals surface area contributed by atoms with Crippen LogP contribution in [0.2, 0.25) is 0 Å². The first-order valence-electron chi connectivity index (χ1n) is 10.5. The first kappa shape index (κ1) is 22.9. The molecule has 0 saturated carbocycles. The van der Waals surface area contributed by atoms with Gasteiger partial charge in [-0.3, -0.25) is 9.89 Å². The molecule has 1 fully saturated rings. The van der Waals surface area contributed by atoms with Gasteiger partial charge in [0.25, 0.3) is 10.0 Å². The molecular formula is C22H26N4O6S. The normalized spacial score (nSPS) is 17.0. The number of hydrogen-bond donors (Lipinski definition) is 2. The van der Waals surface area contributed by atoms with Crippen LogP contribution in [0.25, 0.3) is 11.5 Å². The van der Waals surface area contributed by atoms with E-state index in [4.69, 9.17) is 13.9 Å². The summed E-state index contributed by atoms with van der Waals surface area (Å²) in [6.07, 6.45) is 2.74. The predicted octanol–water partition coefficient (Wildman–Crippen LogP) is 2.40. The number of carbonyl (C=O) groups is 1. The van der Waals surface area contributed by atoms with Crippen molar-refractivity contribution in [2.24, 2.45) is 5.92 Å². The number of hydrogen-bond acceptors (Lipinski definition) is 7. The van der Waals surface area contributed by atoms with Crippen LogP contribution in [0.5, 0.6) is 11.5 Å². The highest BCUT2D eigenvalue weighted by molar-refractivity contribution is 7.89. The molecule has 11 heteroatoms. The molecule has 2 aromatic heterocycles. The fourth-order valence-electron chi connectivity index (χ4n) is 3.82. The second-order valence-electron chi connectivity index (χ2n) is 7.69. The number of carbonyl (C=O) groups excluding carboxylic acids is 1. The van der Waals surface area contributed by atoms with Gasteiger partial charge in [-0.05, 0) is 43.2 Å². The lowest BCUT2D eigenvalue weighted by atomic mass is 9.98. The molecule has 1 saturated heterocycles. The number of nitrogens with zero attached hydrogens (tertiary/aromatic N) is 2. The minimum absolute atomic E-state index is 0.0913. The van der Waals surface area contributed by atoms with Crippen LogP contribution in [0.1, 0.15) is 18.4 Å². The monoisotopic (exact) mass is 474 g/mol. The van der Waals surface area contributed by atoms with Crippen molar-refractivity contribution in [2.75, 3.05) is 27.3 Å². The number of sulfonamides is 1. The third kappa shape index (κ3) is 4.88. The summed E-state index contributed by atoms with van der Waals surface area (Å²) in [5, 5.41) is 9.33. The van der Waals surface area contributed by atoms with Crippen molar-refractivity contribution in [1.29, 1.82) is 0 Å². The highest BCUT2D eigenvalue weighted by Crippen LogP contribution is 2.29. The van der Waals surface area contributed by atoms with E-state index in [0.29, 0.717) is 42.3 Å². The van der Waals surface area contributed by atoms with Gasteiger partial charge in [0.15, 0.2) is 5.76 Å². The second-order valence-corrected chi connectivity index (χ2v) is 9.56. The summed E-state index contributed by atoms with van der Waals surface area (Å²) in [5.74, 6) is 0.980. The van der Waals surface area contributed by atoms with Crippen molar-refractivity contribution >= 4 is 15.9 Å². The molecule has 1 unspecified atom stereocenters. The molecule has 2 N–H and O–H groups in total. The van der Waals surface area contributed by atoms with E-state index in [1.807, 2.05) is 6.07 Å². The van der Waals surface area contributed by atoms with Gasteiger partial charge in [-0.25, -0.2) is 8.42 Å². The zero-order valence-corrected chi connectivity index (χ0v) is 19.2. The van der Waals surface area contributed by atoms with Gasteiger partial charge >= 0.3 is 0 Å². The minimum Gasteiger partial charge on any atom is -0.497 e. The van der Waals surface area contributed by atoms with Gasteiger partial charge in [-0.2, -0.15) is 9.40 Å². The molecule has 33 heavy (non-hydrogen) atoms. The first-order valence-corrected chi connectivity index (χ1v) is 11.9. The molecule has 10 nitrogen and oxygen atoms in total. The Morgan fingerprint density at radius 2 is 2.09 bits per heavy atom. The summed E-state index contributed by atoms with van der Waals surface area (Å²) < 4.78 is 43.7. The van der Waals surface area contributed by atoms with Gasteiger partial charge in [0, 0.05) is 37.5 Å². The number of rotatable bonds is 8. The molecular weight excluding hydrogens is 448 g/mol. The summed E-state index contributed by atoms with van der Waals surface area (Å²) in [6, 6.07) is 10.1. The number of aromatic nitrogens is 2. The number of benzene rings is 1. The van der Waals surface area contributed by atoms with Crippen LogP contribution in [0.4, 0.5) is 0 Å². The van der Waals surface area contributed by atoms with Crippen molar-refractivity contribution < 1.29 is 27.1 Å². The zero-order valence-electron chi connectivity index (χ0n) is 18.4. The van der Waals surface area contributed by atoms with Crippen molar-refractivity contribution in [2.45, 2.75) is 24.5 Å². The third-order valence-corrected chi connectivity index (χ3v) is 7.38.